The van der Waals surface area contributed by atoms with E-state index in [2.05, 4.69) is 10.2 Å². The molecule has 0 aromatic heterocycles. The minimum atomic E-state index is -4.47. The molecule has 1 fully saturated rings. The quantitative estimate of drug-likeness (QED) is 0.302. The van der Waals surface area contributed by atoms with Gasteiger partial charge in [-0.3, -0.25) is 9.59 Å². The standard InChI is InChI=1S/C33H38F3N3O4S/c1-3-39(31(40)23-24-9-15-29(16-10-24)44(2,42)43)28-17-20-38(21-18-28)22-19-30(25-7-5-4-6-8-25)37-32(41)26-11-13-27(14-12-26)33(34,35)36/h4-16,28,30H,3,17-23H2,1-2H3,(H,37,41)/t30-/m0/s1. The number of rotatable bonds is 11. The van der Waals surface area contributed by atoms with E-state index in [0.717, 1.165) is 55.4 Å². The van der Waals surface area contributed by atoms with Gasteiger partial charge in [0, 0.05) is 44.0 Å². The molecule has 44 heavy (non-hydrogen) atoms. The van der Waals surface area contributed by atoms with Gasteiger partial charge in [0.25, 0.3) is 5.91 Å². The Balaban J connectivity index is 1.32. The fourth-order valence-corrected chi connectivity index (χ4v) is 6.23. The molecule has 1 aliphatic heterocycles. The molecule has 1 aliphatic rings. The molecule has 3 aromatic rings. The Bertz CT molecular complexity index is 1500. The molecule has 0 saturated carbocycles. The van der Waals surface area contributed by atoms with Gasteiger partial charge in [-0.15, -0.1) is 0 Å². The van der Waals surface area contributed by atoms with Crippen LogP contribution in [0.25, 0.3) is 0 Å². The average molecular weight is 630 g/mol. The normalized spacial score (nSPS) is 15.5. The maximum Gasteiger partial charge on any atom is 0.416 e. The molecular formula is C33H38F3N3O4S. The number of carbonyl (C=O) groups excluding carboxylic acids is 2. The molecule has 7 nitrogen and oxygen atoms in total. The first-order chi connectivity index (χ1) is 20.8. The van der Waals surface area contributed by atoms with E-state index >= 15 is 0 Å². The van der Waals surface area contributed by atoms with Crippen LogP contribution in [-0.2, 0) is 27.2 Å². The monoisotopic (exact) mass is 629 g/mol. The van der Waals surface area contributed by atoms with Gasteiger partial charge in [0.2, 0.25) is 5.91 Å². The second kappa shape index (κ2) is 14.4. The van der Waals surface area contributed by atoms with Crippen LogP contribution in [0, 0.1) is 0 Å². The van der Waals surface area contributed by atoms with E-state index in [0.29, 0.717) is 19.5 Å². The van der Waals surface area contributed by atoms with Crippen LogP contribution < -0.4 is 5.32 Å². The maximum absolute atomic E-state index is 13.2. The van der Waals surface area contributed by atoms with Crippen LogP contribution in [0.5, 0.6) is 0 Å². The van der Waals surface area contributed by atoms with E-state index < -0.39 is 27.5 Å². The van der Waals surface area contributed by atoms with Gasteiger partial charge in [-0.1, -0.05) is 42.5 Å². The fourth-order valence-electron chi connectivity index (χ4n) is 5.59. The highest BCUT2D eigenvalue weighted by Crippen LogP contribution is 2.29. The molecule has 2 amide bonds. The number of amides is 2. The van der Waals surface area contributed by atoms with Gasteiger partial charge < -0.3 is 15.1 Å². The highest BCUT2D eigenvalue weighted by molar-refractivity contribution is 7.90. The molecule has 0 unspecified atom stereocenters. The SMILES string of the molecule is CCN(C(=O)Cc1ccc(S(C)(=O)=O)cc1)C1CCN(CC[C@H](NC(=O)c2ccc(C(F)(F)F)cc2)c2ccccc2)CC1. The van der Waals surface area contributed by atoms with E-state index in [4.69, 9.17) is 0 Å². The van der Waals surface area contributed by atoms with Gasteiger partial charge in [0.05, 0.1) is 22.9 Å². The summed E-state index contributed by atoms with van der Waals surface area (Å²) in [6, 6.07) is 19.9. The van der Waals surface area contributed by atoms with Crippen LogP contribution >= 0.6 is 0 Å². The van der Waals surface area contributed by atoms with Crippen molar-refractivity contribution in [2.45, 2.75) is 55.8 Å². The number of hydrogen-bond donors (Lipinski definition) is 1. The Kier molecular flexibility index (Phi) is 10.9. The summed E-state index contributed by atoms with van der Waals surface area (Å²) < 4.78 is 62.3. The van der Waals surface area contributed by atoms with Crippen LogP contribution in [0.1, 0.15) is 59.3 Å². The summed E-state index contributed by atoms with van der Waals surface area (Å²) in [6.07, 6.45) is -0.887. The largest absolute Gasteiger partial charge is 0.416 e. The number of likely N-dealkylation sites (N-methyl/N-ethyl adjacent to an activating group) is 1. The highest BCUT2D eigenvalue weighted by atomic mass is 32.2. The van der Waals surface area contributed by atoms with Gasteiger partial charge in [-0.2, -0.15) is 13.2 Å². The molecule has 3 aromatic carbocycles. The third-order valence-electron chi connectivity index (χ3n) is 8.08. The van der Waals surface area contributed by atoms with Crippen LogP contribution in [0.15, 0.2) is 83.8 Å². The zero-order chi connectivity index (χ0) is 31.9. The molecule has 0 bridgehead atoms. The summed E-state index contributed by atoms with van der Waals surface area (Å²) in [5.74, 6) is -0.428. The summed E-state index contributed by atoms with van der Waals surface area (Å²) in [5, 5.41) is 3.00. The van der Waals surface area contributed by atoms with E-state index in [1.165, 1.54) is 24.3 Å². The van der Waals surface area contributed by atoms with E-state index in [1.54, 1.807) is 12.1 Å². The van der Waals surface area contributed by atoms with Crippen molar-refractivity contribution >= 4 is 21.7 Å². The van der Waals surface area contributed by atoms with Crippen LogP contribution in [0.2, 0.25) is 0 Å². The Hall–Kier alpha value is -3.70. The molecule has 236 valence electrons. The Labute approximate surface area is 257 Å². The van der Waals surface area contributed by atoms with Crippen molar-refractivity contribution in [1.82, 2.24) is 15.1 Å². The minimum Gasteiger partial charge on any atom is -0.345 e. The van der Waals surface area contributed by atoms with Gasteiger partial charge >= 0.3 is 6.18 Å². The molecule has 1 atom stereocenters. The van der Waals surface area contributed by atoms with Gasteiger partial charge in [-0.05, 0) is 73.7 Å². The Morgan fingerprint density at radius 1 is 0.955 bits per heavy atom. The second-order valence-electron chi connectivity index (χ2n) is 11.1. The van der Waals surface area contributed by atoms with E-state index in [9.17, 15) is 31.2 Å². The molecular weight excluding hydrogens is 591 g/mol. The summed E-state index contributed by atoms with van der Waals surface area (Å²) in [7, 11) is -3.30. The van der Waals surface area contributed by atoms with E-state index in [1.807, 2.05) is 42.2 Å². The van der Waals surface area contributed by atoms with Crippen molar-refractivity contribution in [2.24, 2.45) is 0 Å². The number of carbonyl (C=O) groups is 2. The zero-order valence-corrected chi connectivity index (χ0v) is 25.7. The number of nitrogens with zero attached hydrogens (tertiary/aromatic N) is 2. The number of halogens is 3. The van der Waals surface area contributed by atoms with Crippen LogP contribution in [0.3, 0.4) is 0 Å². The highest BCUT2D eigenvalue weighted by Gasteiger charge is 2.31. The summed E-state index contributed by atoms with van der Waals surface area (Å²) in [5.41, 5.74) is 1.04. The molecule has 0 radical (unpaired) electrons. The summed E-state index contributed by atoms with van der Waals surface area (Å²) in [6.45, 7) is 4.81. The van der Waals surface area contributed by atoms with Gasteiger partial charge in [0.15, 0.2) is 9.84 Å². The van der Waals surface area contributed by atoms with Crippen molar-refractivity contribution in [3.8, 4) is 0 Å². The zero-order valence-electron chi connectivity index (χ0n) is 24.9. The molecule has 0 aliphatic carbocycles. The van der Waals surface area contributed by atoms with Crippen molar-refractivity contribution < 1.29 is 31.2 Å². The average Bonchev–Trinajstić information content (AvgIpc) is 3.00. The molecule has 11 heteroatoms. The smallest absolute Gasteiger partial charge is 0.345 e. The first kappa shape index (κ1) is 33.2. The van der Waals surface area contributed by atoms with Crippen LogP contribution in [-0.4, -0.2) is 68.5 Å². The number of hydrogen-bond acceptors (Lipinski definition) is 5. The van der Waals surface area contributed by atoms with Crippen molar-refractivity contribution in [1.29, 1.82) is 0 Å². The van der Waals surface area contributed by atoms with Crippen molar-refractivity contribution in [3.63, 3.8) is 0 Å². The van der Waals surface area contributed by atoms with Gasteiger partial charge in [0.1, 0.15) is 0 Å². The Morgan fingerprint density at radius 2 is 1.57 bits per heavy atom. The first-order valence-corrected chi connectivity index (χ1v) is 16.6. The molecule has 4 rings (SSSR count). The minimum absolute atomic E-state index is 0.00757. The van der Waals surface area contributed by atoms with Crippen molar-refractivity contribution in [3.05, 3.63) is 101 Å². The molecule has 0 spiro atoms. The number of nitrogens with one attached hydrogen (secondary N) is 1. The predicted octanol–water partition coefficient (Wildman–Crippen LogP) is 5.53. The lowest BCUT2D eigenvalue weighted by atomic mass is 9.99. The maximum atomic E-state index is 13.2. The number of piperidine rings is 1. The molecule has 1 saturated heterocycles. The number of benzene rings is 3. The number of sulfone groups is 1. The van der Waals surface area contributed by atoms with E-state index in [-0.39, 0.29) is 34.9 Å². The summed E-state index contributed by atoms with van der Waals surface area (Å²) in [4.78, 5) is 30.6. The Morgan fingerprint density at radius 3 is 2.11 bits per heavy atom. The number of likely N-dealkylation sites (tertiary alicyclic amines) is 1. The predicted molar refractivity (Wildman–Crippen MR) is 163 cm³/mol. The fraction of sp³-hybridized carbons (Fsp3) is 0.394. The lowest BCUT2D eigenvalue weighted by molar-refractivity contribution is -0.137. The lowest BCUT2D eigenvalue weighted by Gasteiger charge is -2.38. The molecule has 1 heterocycles. The second-order valence-corrected chi connectivity index (χ2v) is 13.2. The van der Waals surface area contributed by atoms with Crippen molar-refractivity contribution in [2.75, 3.05) is 32.4 Å². The first-order valence-electron chi connectivity index (χ1n) is 14.7. The lowest BCUT2D eigenvalue weighted by Crippen LogP contribution is -2.48. The topological polar surface area (TPSA) is 86.8 Å². The van der Waals surface area contributed by atoms with Crippen LogP contribution in [0.4, 0.5) is 13.2 Å². The third kappa shape index (κ3) is 8.92. The number of alkyl halides is 3. The van der Waals surface area contributed by atoms with Gasteiger partial charge in [-0.25, -0.2) is 8.42 Å². The summed E-state index contributed by atoms with van der Waals surface area (Å²) >= 11 is 0. The third-order valence-corrected chi connectivity index (χ3v) is 9.21. The molecule has 1 N–H and O–H groups in total.